The van der Waals surface area contributed by atoms with Crippen molar-refractivity contribution >= 4 is 22.9 Å². The van der Waals surface area contributed by atoms with Crippen LogP contribution in [0, 0.1) is 5.82 Å². The Kier molecular flexibility index (Phi) is 4.57. The molecule has 1 heterocycles. The first-order valence-corrected chi connectivity index (χ1v) is 8.54. The molecule has 0 spiro atoms. The van der Waals surface area contributed by atoms with Gasteiger partial charge in [0.05, 0.1) is 11.7 Å². The average molecular weight is 325 g/mol. The van der Waals surface area contributed by atoms with Gasteiger partial charge in [0.25, 0.3) is 0 Å². The topological polar surface area (TPSA) is 24.9 Å². The molecule has 1 atom stereocenters. The first-order valence-electron chi connectivity index (χ1n) is 7.35. The predicted octanol–water partition coefficient (Wildman–Crippen LogP) is 4.51. The monoisotopic (exact) mass is 324 g/mol. The maximum atomic E-state index is 13.6. The van der Waals surface area contributed by atoms with Crippen LogP contribution in [0.25, 0.3) is 0 Å². The Morgan fingerprint density at radius 1 is 1.33 bits per heavy atom. The maximum Gasteiger partial charge on any atom is 0.125 e. The largest absolute Gasteiger partial charge is 0.305 e. The van der Waals surface area contributed by atoms with E-state index in [0.717, 1.165) is 30.0 Å². The van der Waals surface area contributed by atoms with Crippen molar-refractivity contribution in [2.45, 2.75) is 38.6 Å². The second-order valence-electron chi connectivity index (χ2n) is 5.32. The van der Waals surface area contributed by atoms with E-state index >= 15 is 0 Å². The van der Waals surface area contributed by atoms with Crippen LogP contribution in [-0.4, -0.2) is 11.5 Å². The molecule has 1 unspecified atom stereocenters. The molecule has 1 aliphatic rings. The maximum absolute atomic E-state index is 13.6. The summed E-state index contributed by atoms with van der Waals surface area (Å²) in [5, 5.41) is 4.85. The van der Waals surface area contributed by atoms with Gasteiger partial charge in [-0.05, 0) is 56.0 Å². The number of halogens is 2. The zero-order valence-corrected chi connectivity index (χ0v) is 13.5. The third-order valence-corrected chi connectivity index (χ3v) is 5.18. The quantitative estimate of drug-likeness (QED) is 0.894. The second kappa shape index (κ2) is 6.42. The molecule has 0 saturated carbocycles. The van der Waals surface area contributed by atoms with E-state index in [-0.39, 0.29) is 11.9 Å². The van der Waals surface area contributed by atoms with Gasteiger partial charge in [-0.25, -0.2) is 9.37 Å². The SMILES string of the molecule is CCNC(c1cc(F)cc(Cl)c1)c1nc2c(s1)CCCC2. The molecule has 0 amide bonds. The van der Waals surface area contributed by atoms with Crippen LogP contribution in [0.15, 0.2) is 18.2 Å². The van der Waals surface area contributed by atoms with Gasteiger partial charge in [-0.2, -0.15) is 0 Å². The van der Waals surface area contributed by atoms with Crippen LogP contribution in [0.3, 0.4) is 0 Å². The van der Waals surface area contributed by atoms with Crippen LogP contribution >= 0.6 is 22.9 Å². The van der Waals surface area contributed by atoms with Crippen LogP contribution in [0.5, 0.6) is 0 Å². The molecule has 0 bridgehead atoms. The van der Waals surface area contributed by atoms with Crippen LogP contribution < -0.4 is 5.32 Å². The Morgan fingerprint density at radius 2 is 2.14 bits per heavy atom. The fourth-order valence-corrected chi connectivity index (χ4v) is 4.28. The highest BCUT2D eigenvalue weighted by molar-refractivity contribution is 7.11. The summed E-state index contributed by atoms with van der Waals surface area (Å²) in [7, 11) is 0. The molecule has 112 valence electrons. The molecule has 1 N–H and O–H groups in total. The standard InChI is InChI=1S/C16H18ClFN2S/c1-2-19-15(10-7-11(17)9-12(18)8-10)16-20-13-5-3-4-6-14(13)21-16/h7-9,15,19H,2-6H2,1H3. The van der Waals surface area contributed by atoms with Gasteiger partial charge >= 0.3 is 0 Å². The van der Waals surface area contributed by atoms with Gasteiger partial charge in [0.2, 0.25) is 0 Å². The van der Waals surface area contributed by atoms with Crippen LogP contribution in [-0.2, 0) is 12.8 Å². The minimum atomic E-state index is -0.304. The lowest BCUT2D eigenvalue weighted by Gasteiger charge is -2.16. The molecule has 2 aromatic rings. The predicted molar refractivity (Wildman–Crippen MR) is 85.7 cm³/mol. The Bertz CT molecular complexity index is 597. The highest BCUT2D eigenvalue weighted by atomic mass is 35.5. The normalized spacial score (nSPS) is 15.8. The number of nitrogens with one attached hydrogen (secondary N) is 1. The van der Waals surface area contributed by atoms with Gasteiger partial charge in [-0.15, -0.1) is 11.3 Å². The number of fused-ring (bicyclic) bond motifs is 1. The molecule has 2 nitrogen and oxygen atoms in total. The molecule has 3 rings (SSSR count). The van der Waals surface area contributed by atoms with Crippen molar-refractivity contribution in [1.29, 1.82) is 0 Å². The number of thiazole rings is 1. The van der Waals surface area contributed by atoms with Crippen LogP contribution in [0.1, 0.15) is 46.9 Å². The second-order valence-corrected chi connectivity index (χ2v) is 6.87. The number of benzene rings is 1. The molecular weight excluding hydrogens is 307 g/mol. The zero-order chi connectivity index (χ0) is 14.8. The Hall–Kier alpha value is -0.970. The first kappa shape index (κ1) is 14.9. The fraction of sp³-hybridized carbons (Fsp3) is 0.438. The van der Waals surface area contributed by atoms with E-state index in [4.69, 9.17) is 16.6 Å². The van der Waals surface area contributed by atoms with Crippen LogP contribution in [0.4, 0.5) is 4.39 Å². The average Bonchev–Trinajstić information content (AvgIpc) is 2.87. The summed E-state index contributed by atoms with van der Waals surface area (Å²) < 4.78 is 13.6. The number of hydrogen-bond donors (Lipinski definition) is 1. The lowest BCUT2D eigenvalue weighted by Crippen LogP contribution is -2.22. The summed E-state index contributed by atoms with van der Waals surface area (Å²) in [6, 6.07) is 4.61. The Balaban J connectivity index is 1.98. The minimum Gasteiger partial charge on any atom is -0.305 e. The van der Waals surface area contributed by atoms with Gasteiger partial charge in [0, 0.05) is 9.90 Å². The van der Waals surface area contributed by atoms with E-state index in [9.17, 15) is 4.39 Å². The Morgan fingerprint density at radius 3 is 2.86 bits per heavy atom. The molecule has 1 aliphatic carbocycles. The number of hydrogen-bond acceptors (Lipinski definition) is 3. The molecular formula is C16H18ClFN2S. The van der Waals surface area contributed by atoms with Crippen molar-refractivity contribution in [3.05, 3.63) is 50.2 Å². The number of aryl methyl sites for hydroxylation is 2. The summed E-state index contributed by atoms with van der Waals surface area (Å²) in [6.07, 6.45) is 4.64. The molecule has 0 aliphatic heterocycles. The third kappa shape index (κ3) is 3.28. The number of rotatable bonds is 4. The number of aromatic nitrogens is 1. The van der Waals surface area contributed by atoms with E-state index in [1.54, 1.807) is 17.4 Å². The molecule has 5 heteroatoms. The van der Waals surface area contributed by atoms with E-state index in [1.165, 1.54) is 29.5 Å². The minimum absolute atomic E-state index is 0.0844. The van der Waals surface area contributed by atoms with E-state index in [0.29, 0.717) is 5.02 Å². The lowest BCUT2D eigenvalue weighted by molar-refractivity contribution is 0.599. The summed E-state index contributed by atoms with van der Waals surface area (Å²) >= 11 is 7.75. The zero-order valence-electron chi connectivity index (χ0n) is 12.0. The molecule has 0 radical (unpaired) electrons. The molecule has 21 heavy (non-hydrogen) atoms. The lowest BCUT2D eigenvalue weighted by atomic mass is 10.0. The molecule has 1 aromatic heterocycles. The van der Waals surface area contributed by atoms with Crippen molar-refractivity contribution in [2.75, 3.05) is 6.54 Å². The first-order chi connectivity index (χ1) is 10.2. The van der Waals surface area contributed by atoms with Crippen molar-refractivity contribution in [3.8, 4) is 0 Å². The van der Waals surface area contributed by atoms with Gasteiger partial charge < -0.3 is 5.32 Å². The van der Waals surface area contributed by atoms with E-state index < -0.39 is 0 Å². The van der Waals surface area contributed by atoms with E-state index in [1.807, 2.05) is 13.0 Å². The molecule has 1 aromatic carbocycles. The highest BCUT2D eigenvalue weighted by Crippen LogP contribution is 2.33. The van der Waals surface area contributed by atoms with Gasteiger partial charge in [-0.3, -0.25) is 0 Å². The van der Waals surface area contributed by atoms with Crippen LogP contribution in [0.2, 0.25) is 5.02 Å². The summed E-state index contributed by atoms with van der Waals surface area (Å²) in [5.74, 6) is -0.304. The molecule has 0 fully saturated rings. The summed E-state index contributed by atoms with van der Waals surface area (Å²) in [6.45, 7) is 2.84. The highest BCUT2D eigenvalue weighted by Gasteiger charge is 2.22. The fourth-order valence-electron chi connectivity index (χ4n) is 2.79. The van der Waals surface area contributed by atoms with Crippen molar-refractivity contribution < 1.29 is 4.39 Å². The van der Waals surface area contributed by atoms with Gasteiger partial charge in [0.15, 0.2) is 0 Å². The summed E-state index contributed by atoms with van der Waals surface area (Å²) in [5.41, 5.74) is 2.07. The smallest absolute Gasteiger partial charge is 0.125 e. The number of nitrogens with zero attached hydrogens (tertiary/aromatic N) is 1. The molecule has 0 saturated heterocycles. The van der Waals surface area contributed by atoms with Gasteiger partial charge in [-0.1, -0.05) is 18.5 Å². The van der Waals surface area contributed by atoms with E-state index in [2.05, 4.69) is 5.32 Å². The van der Waals surface area contributed by atoms with Crippen molar-refractivity contribution in [2.24, 2.45) is 0 Å². The summed E-state index contributed by atoms with van der Waals surface area (Å²) in [4.78, 5) is 6.19. The third-order valence-electron chi connectivity index (χ3n) is 3.74. The van der Waals surface area contributed by atoms with Gasteiger partial charge in [0.1, 0.15) is 10.8 Å². The Labute approximate surface area is 133 Å². The van der Waals surface area contributed by atoms with Crippen molar-refractivity contribution in [3.63, 3.8) is 0 Å². The van der Waals surface area contributed by atoms with Crippen molar-refractivity contribution in [1.82, 2.24) is 10.3 Å².